The molecule has 2 aromatic rings. The van der Waals surface area contributed by atoms with Crippen LogP contribution in [0.4, 0.5) is 11.4 Å². The molecule has 3 heteroatoms. The van der Waals surface area contributed by atoms with Crippen LogP contribution < -0.4 is 10.6 Å². The number of hydrogen-bond donors (Lipinski definition) is 1. The van der Waals surface area contributed by atoms with Gasteiger partial charge in [0.1, 0.15) is 0 Å². The third-order valence-electron chi connectivity index (χ3n) is 3.53. The van der Waals surface area contributed by atoms with Gasteiger partial charge in [0, 0.05) is 18.4 Å². The van der Waals surface area contributed by atoms with E-state index in [4.69, 9.17) is 5.73 Å². The number of nitrogens with zero attached hydrogens (tertiary/aromatic N) is 1. The lowest BCUT2D eigenvalue weighted by Crippen LogP contribution is -2.30. The van der Waals surface area contributed by atoms with E-state index in [0.717, 1.165) is 11.3 Å². The molecule has 2 N–H and O–H groups in total. The van der Waals surface area contributed by atoms with E-state index in [1.54, 1.807) is 11.9 Å². The molecule has 1 unspecified atom stereocenters. The largest absolute Gasteiger partial charge is 0.399 e. The first kappa shape index (κ1) is 14.1. The van der Waals surface area contributed by atoms with Crippen LogP contribution in [0.3, 0.4) is 0 Å². The van der Waals surface area contributed by atoms with Crippen molar-refractivity contribution < 1.29 is 4.79 Å². The van der Waals surface area contributed by atoms with Crippen LogP contribution in [-0.2, 0) is 4.79 Å². The Morgan fingerprint density at radius 1 is 1.15 bits per heavy atom. The third-order valence-corrected chi connectivity index (χ3v) is 3.53. The van der Waals surface area contributed by atoms with E-state index in [2.05, 4.69) is 0 Å². The number of amides is 1. The number of anilines is 2. The number of nitrogens with two attached hydrogens (primary N) is 1. The van der Waals surface area contributed by atoms with Crippen molar-refractivity contribution in [3.8, 4) is 0 Å². The van der Waals surface area contributed by atoms with Gasteiger partial charge in [0.15, 0.2) is 0 Å². The normalized spacial score (nSPS) is 11.9. The Labute approximate surface area is 120 Å². The van der Waals surface area contributed by atoms with Crippen molar-refractivity contribution in [2.75, 3.05) is 17.7 Å². The van der Waals surface area contributed by atoms with Crippen molar-refractivity contribution in [2.45, 2.75) is 19.8 Å². The summed E-state index contributed by atoms with van der Waals surface area (Å²) in [4.78, 5) is 14.2. The lowest BCUT2D eigenvalue weighted by molar-refractivity contribution is -0.119. The fourth-order valence-corrected chi connectivity index (χ4v) is 2.16. The van der Waals surface area contributed by atoms with E-state index in [9.17, 15) is 4.79 Å². The van der Waals surface area contributed by atoms with Gasteiger partial charge < -0.3 is 10.6 Å². The Bertz CT molecular complexity index is 605. The van der Waals surface area contributed by atoms with Crippen molar-refractivity contribution in [2.24, 2.45) is 0 Å². The predicted molar refractivity (Wildman–Crippen MR) is 83.9 cm³/mol. The second kappa shape index (κ2) is 5.78. The second-order valence-corrected chi connectivity index (χ2v) is 5.12. The van der Waals surface area contributed by atoms with E-state index in [1.165, 1.54) is 5.56 Å². The number of hydrogen-bond acceptors (Lipinski definition) is 2. The number of rotatable bonds is 3. The van der Waals surface area contributed by atoms with E-state index in [-0.39, 0.29) is 11.8 Å². The highest BCUT2D eigenvalue weighted by molar-refractivity contribution is 5.97. The smallest absolute Gasteiger partial charge is 0.233 e. The first-order valence-electron chi connectivity index (χ1n) is 6.68. The highest BCUT2D eigenvalue weighted by atomic mass is 16.2. The summed E-state index contributed by atoms with van der Waals surface area (Å²) in [5.41, 5.74) is 9.47. The zero-order valence-electron chi connectivity index (χ0n) is 12.1. The molecule has 1 amide bonds. The number of aryl methyl sites for hydroxylation is 1. The Morgan fingerprint density at radius 2 is 1.80 bits per heavy atom. The summed E-state index contributed by atoms with van der Waals surface area (Å²) >= 11 is 0. The maximum absolute atomic E-state index is 12.5. The average molecular weight is 268 g/mol. The molecule has 0 saturated carbocycles. The molecule has 0 fully saturated rings. The summed E-state index contributed by atoms with van der Waals surface area (Å²) in [6.07, 6.45) is 0. The molecule has 2 rings (SSSR count). The predicted octanol–water partition coefficient (Wildman–Crippen LogP) is 3.34. The fraction of sp³-hybridized carbons (Fsp3) is 0.235. The molecule has 0 spiro atoms. The van der Waals surface area contributed by atoms with Gasteiger partial charge in [-0.1, -0.05) is 29.8 Å². The van der Waals surface area contributed by atoms with Gasteiger partial charge in [-0.2, -0.15) is 0 Å². The van der Waals surface area contributed by atoms with Crippen molar-refractivity contribution in [3.05, 3.63) is 59.7 Å². The van der Waals surface area contributed by atoms with Gasteiger partial charge >= 0.3 is 0 Å². The Kier molecular flexibility index (Phi) is 4.08. The highest BCUT2D eigenvalue weighted by Crippen LogP contribution is 2.23. The first-order chi connectivity index (χ1) is 9.49. The fourth-order valence-electron chi connectivity index (χ4n) is 2.16. The molecule has 0 aliphatic heterocycles. The summed E-state index contributed by atoms with van der Waals surface area (Å²) < 4.78 is 0. The van der Waals surface area contributed by atoms with Crippen LogP contribution in [0.15, 0.2) is 48.5 Å². The average Bonchev–Trinajstić information content (AvgIpc) is 2.46. The van der Waals surface area contributed by atoms with E-state index in [1.807, 2.05) is 62.4 Å². The molecule has 20 heavy (non-hydrogen) atoms. The Balaban J connectivity index is 2.20. The minimum Gasteiger partial charge on any atom is -0.399 e. The summed E-state index contributed by atoms with van der Waals surface area (Å²) in [5.74, 6) is -0.163. The maximum atomic E-state index is 12.5. The number of nitrogen functional groups attached to an aromatic ring is 1. The number of benzene rings is 2. The molecule has 1 atom stereocenters. The van der Waals surface area contributed by atoms with E-state index < -0.39 is 0 Å². The lowest BCUT2D eigenvalue weighted by atomic mass is 9.99. The van der Waals surface area contributed by atoms with Crippen LogP contribution in [0.2, 0.25) is 0 Å². The topological polar surface area (TPSA) is 46.3 Å². The van der Waals surface area contributed by atoms with Gasteiger partial charge in [-0.15, -0.1) is 0 Å². The van der Waals surface area contributed by atoms with Gasteiger partial charge in [-0.3, -0.25) is 4.79 Å². The zero-order valence-corrected chi connectivity index (χ0v) is 12.1. The standard InChI is InChI=1S/C17H20N2O/c1-12-7-9-16(10-8-12)19(3)17(20)13(2)14-5-4-6-15(18)11-14/h4-11,13H,18H2,1-3H3. The Morgan fingerprint density at radius 3 is 2.40 bits per heavy atom. The minimum absolute atomic E-state index is 0.0550. The number of carbonyl (C=O) groups excluding carboxylic acids is 1. The molecule has 0 aromatic heterocycles. The van der Waals surface area contributed by atoms with Crippen LogP contribution in [-0.4, -0.2) is 13.0 Å². The van der Waals surface area contributed by atoms with Gasteiger partial charge in [0.05, 0.1) is 5.92 Å². The lowest BCUT2D eigenvalue weighted by Gasteiger charge is -2.22. The zero-order chi connectivity index (χ0) is 14.7. The van der Waals surface area contributed by atoms with Crippen molar-refractivity contribution in [3.63, 3.8) is 0 Å². The van der Waals surface area contributed by atoms with E-state index >= 15 is 0 Å². The van der Waals surface area contributed by atoms with Crippen LogP contribution in [0.1, 0.15) is 24.0 Å². The number of carbonyl (C=O) groups is 1. The van der Waals surface area contributed by atoms with Crippen molar-refractivity contribution in [1.29, 1.82) is 0 Å². The summed E-state index contributed by atoms with van der Waals surface area (Å²) in [6.45, 7) is 3.93. The molecule has 0 aliphatic carbocycles. The third kappa shape index (κ3) is 2.99. The molecular weight excluding hydrogens is 248 g/mol. The van der Waals surface area contributed by atoms with Crippen LogP contribution in [0.5, 0.6) is 0 Å². The maximum Gasteiger partial charge on any atom is 0.233 e. The SMILES string of the molecule is Cc1ccc(N(C)C(=O)C(C)c2cccc(N)c2)cc1. The summed E-state index contributed by atoms with van der Waals surface area (Å²) in [6, 6.07) is 15.4. The molecule has 0 radical (unpaired) electrons. The molecule has 0 bridgehead atoms. The van der Waals surface area contributed by atoms with Gasteiger partial charge in [-0.05, 0) is 43.7 Å². The van der Waals surface area contributed by atoms with Gasteiger partial charge in [0.25, 0.3) is 0 Å². The summed E-state index contributed by atoms with van der Waals surface area (Å²) in [7, 11) is 1.80. The second-order valence-electron chi connectivity index (χ2n) is 5.12. The first-order valence-corrected chi connectivity index (χ1v) is 6.68. The van der Waals surface area contributed by atoms with E-state index in [0.29, 0.717) is 5.69 Å². The van der Waals surface area contributed by atoms with Crippen molar-refractivity contribution >= 4 is 17.3 Å². The molecule has 104 valence electrons. The van der Waals surface area contributed by atoms with Gasteiger partial charge in [-0.25, -0.2) is 0 Å². The van der Waals surface area contributed by atoms with Crippen molar-refractivity contribution in [1.82, 2.24) is 0 Å². The molecular formula is C17H20N2O. The molecule has 0 aliphatic rings. The van der Waals surface area contributed by atoms with Crippen LogP contribution in [0.25, 0.3) is 0 Å². The molecule has 2 aromatic carbocycles. The molecule has 0 heterocycles. The highest BCUT2D eigenvalue weighted by Gasteiger charge is 2.20. The Hall–Kier alpha value is -2.29. The van der Waals surface area contributed by atoms with Crippen LogP contribution in [0, 0.1) is 6.92 Å². The molecule has 0 saturated heterocycles. The quantitative estimate of drug-likeness (QED) is 0.868. The molecule has 3 nitrogen and oxygen atoms in total. The monoisotopic (exact) mass is 268 g/mol. The number of likely N-dealkylation sites (N-methyl/N-ethyl adjacent to an activating group) is 1. The van der Waals surface area contributed by atoms with Gasteiger partial charge in [0.2, 0.25) is 5.91 Å². The summed E-state index contributed by atoms with van der Waals surface area (Å²) in [5, 5.41) is 0. The van der Waals surface area contributed by atoms with Crippen LogP contribution >= 0.6 is 0 Å². The minimum atomic E-state index is -0.218.